The first-order chi connectivity index (χ1) is 11.9. The first-order valence-electron chi connectivity index (χ1n) is 8.66. The number of benzene rings is 1. The predicted molar refractivity (Wildman–Crippen MR) is 98.1 cm³/mol. The van der Waals surface area contributed by atoms with Gasteiger partial charge in [0.05, 0.1) is 18.0 Å². The summed E-state index contributed by atoms with van der Waals surface area (Å²) >= 11 is 0. The quantitative estimate of drug-likeness (QED) is 0.897. The van der Waals surface area contributed by atoms with E-state index in [2.05, 4.69) is 31.1 Å². The molecule has 0 saturated carbocycles. The first kappa shape index (κ1) is 17.4. The minimum absolute atomic E-state index is 0.0345. The molecule has 2 N–H and O–H groups in total. The Morgan fingerprint density at radius 2 is 2.12 bits per heavy atom. The number of allylic oxidation sites excluding steroid dienone is 1. The number of hydrogen-bond donors (Lipinski definition) is 1. The Bertz CT molecular complexity index is 795. The van der Waals surface area contributed by atoms with E-state index in [0.29, 0.717) is 6.61 Å². The van der Waals surface area contributed by atoms with Crippen LogP contribution in [0.4, 0.5) is 4.79 Å². The summed E-state index contributed by atoms with van der Waals surface area (Å²) < 4.78 is 7.33. The maximum Gasteiger partial charge on any atom is 0.340 e. The number of nitrogens with two attached hydrogens (primary N) is 1. The third-order valence-electron chi connectivity index (χ3n) is 5.16. The smallest absolute Gasteiger partial charge is 0.340 e. The van der Waals surface area contributed by atoms with E-state index >= 15 is 0 Å². The maximum absolute atomic E-state index is 11.5. The van der Waals surface area contributed by atoms with Crippen molar-refractivity contribution < 1.29 is 9.53 Å². The van der Waals surface area contributed by atoms with Gasteiger partial charge in [-0.3, -0.25) is 0 Å². The molecule has 0 unspecified atom stereocenters. The van der Waals surface area contributed by atoms with E-state index in [-0.39, 0.29) is 11.5 Å². The molecule has 1 amide bonds. The summed E-state index contributed by atoms with van der Waals surface area (Å²) in [4.78, 5) is 11.5. The second-order valence-corrected chi connectivity index (χ2v) is 6.93. The van der Waals surface area contributed by atoms with Gasteiger partial charge in [0.15, 0.2) is 0 Å². The van der Waals surface area contributed by atoms with Gasteiger partial charge in [-0.05, 0) is 49.3 Å². The van der Waals surface area contributed by atoms with Crippen LogP contribution < -0.4 is 5.73 Å². The molecular formula is C20H25N3O2. The third kappa shape index (κ3) is 3.37. The molecule has 1 aliphatic rings. The van der Waals surface area contributed by atoms with Crippen molar-refractivity contribution in [3.63, 3.8) is 0 Å². The van der Waals surface area contributed by atoms with Gasteiger partial charge in [-0.1, -0.05) is 42.8 Å². The molecule has 2 aromatic rings. The highest BCUT2D eigenvalue weighted by Gasteiger charge is 2.36. The van der Waals surface area contributed by atoms with Gasteiger partial charge in [-0.25, -0.2) is 4.79 Å². The van der Waals surface area contributed by atoms with Gasteiger partial charge >= 0.3 is 6.03 Å². The van der Waals surface area contributed by atoms with E-state index in [0.717, 1.165) is 24.1 Å². The second kappa shape index (κ2) is 6.84. The van der Waals surface area contributed by atoms with Crippen LogP contribution in [0.25, 0.3) is 6.08 Å². The van der Waals surface area contributed by atoms with Crippen molar-refractivity contribution in [2.24, 2.45) is 11.1 Å². The molecule has 0 saturated heterocycles. The fourth-order valence-corrected chi connectivity index (χ4v) is 3.58. The fourth-order valence-electron chi connectivity index (χ4n) is 3.58. The average molecular weight is 339 g/mol. The maximum atomic E-state index is 11.5. The molecule has 5 nitrogen and oxygen atoms in total. The highest BCUT2D eigenvalue weighted by molar-refractivity contribution is 5.78. The molecule has 1 aliphatic carbocycles. The first-order valence-corrected chi connectivity index (χ1v) is 8.66. The molecule has 0 aliphatic heterocycles. The molecule has 0 spiro atoms. The minimum atomic E-state index is -0.551. The Morgan fingerprint density at radius 1 is 1.40 bits per heavy atom. The van der Waals surface area contributed by atoms with Crippen LogP contribution in [0, 0.1) is 5.41 Å². The van der Waals surface area contributed by atoms with Crippen molar-refractivity contribution in [2.75, 3.05) is 6.61 Å². The molecule has 132 valence electrons. The number of rotatable bonds is 5. The number of fused-ring (bicyclic) bond motifs is 1. The number of hydrogen-bond acceptors (Lipinski definition) is 3. The van der Waals surface area contributed by atoms with Crippen LogP contribution in [0.1, 0.15) is 50.1 Å². The van der Waals surface area contributed by atoms with Gasteiger partial charge in [0.1, 0.15) is 0 Å². The summed E-state index contributed by atoms with van der Waals surface area (Å²) in [5.41, 5.74) is 9.60. The molecule has 1 heterocycles. The van der Waals surface area contributed by atoms with Crippen LogP contribution in [0.15, 0.2) is 42.1 Å². The summed E-state index contributed by atoms with van der Waals surface area (Å²) in [6, 6.07) is 9.78. The van der Waals surface area contributed by atoms with Gasteiger partial charge in [0.25, 0.3) is 0 Å². The Morgan fingerprint density at radius 3 is 2.76 bits per heavy atom. The standard InChI is InChI=1S/C20H25N3O2/c1-4-25-18(15-8-6-5-7-9-15)12-20(3)11-16-13-22-23(19(21)24)17(16)10-14(20)2/h5-10,13,18H,4,11-12H2,1-3H3,(H2,21,24)/t18-,20-/m1/s1. The fraction of sp³-hybridized carbons (Fsp3) is 0.400. The lowest BCUT2D eigenvalue weighted by atomic mass is 9.70. The Kier molecular flexibility index (Phi) is 4.77. The summed E-state index contributed by atoms with van der Waals surface area (Å²) in [6.07, 6.45) is 5.50. The number of ether oxygens (including phenoxy) is 1. The number of nitrogens with zero attached hydrogens (tertiary/aromatic N) is 2. The zero-order chi connectivity index (χ0) is 18.0. The van der Waals surface area contributed by atoms with E-state index < -0.39 is 6.03 Å². The summed E-state index contributed by atoms with van der Waals surface area (Å²) in [5.74, 6) is 0. The number of carbonyl (C=O) groups is 1. The normalized spacial score (nSPS) is 20.7. The summed E-state index contributed by atoms with van der Waals surface area (Å²) in [6.45, 7) is 7.05. The van der Waals surface area contributed by atoms with Gasteiger partial charge in [0, 0.05) is 6.61 Å². The molecule has 25 heavy (non-hydrogen) atoms. The number of primary amides is 1. The predicted octanol–water partition coefficient (Wildman–Crippen LogP) is 3.94. The lowest BCUT2D eigenvalue weighted by Gasteiger charge is -2.37. The minimum Gasteiger partial charge on any atom is -0.374 e. The molecule has 1 aromatic carbocycles. The molecule has 2 atom stereocenters. The van der Waals surface area contributed by atoms with Crippen molar-refractivity contribution in [2.45, 2.75) is 39.7 Å². The molecule has 3 rings (SSSR count). The number of aromatic nitrogens is 2. The Hall–Kier alpha value is -2.40. The van der Waals surface area contributed by atoms with Crippen LogP contribution in [-0.4, -0.2) is 22.4 Å². The van der Waals surface area contributed by atoms with E-state index in [1.807, 2.05) is 31.2 Å². The topological polar surface area (TPSA) is 70.1 Å². The lowest BCUT2D eigenvalue weighted by molar-refractivity contribution is 0.0324. The van der Waals surface area contributed by atoms with Crippen LogP contribution in [0.3, 0.4) is 0 Å². The monoisotopic (exact) mass is 339 g/mol. The molecule has 0 fully saturated rings. The Balaban J connectivity index is 1.90. The van der Waals surface area contributed by atoms with E-state index in [4.69, 9.17) is 10.5 Å². The third-order valence-corrected chi connectivity index (χ3v) is 5.16. The zero-order valence-corrected chi connectivity index (χ0v) is 15.0. The Labute approximate surface area is 148 Å². The van der Waals surface area contributed by atoms with Gasteiger partial charge in [-0.15, -0.1) is 0 Å². The number of amides is 1. The van der Waals surface area contributed by atoms with Gasteiger partial charge < -0.3 is 10.5 Å². The summed E-state index contributed by atoms with van der Waals surface area (Å²) in [5, 5.41) is 4.14. The molecule has 0 radical (unpaired) electrons. The second-order valence-electron chi connectivity index (χ2n) is 6.93. The largest absolute Gasteiger partial charge is 0.374 e. The zero-order valence-electron chi connectivity index (χ0n) is 15.0. The average Bonchev–Trinajstić information content (AvgIpc) is 2.98. The van der Waals surface area contributed by atoms with E-state index in [9.17, 15) is 4.79 Å². The van der Waals surface area contributed by atoms with Crippen molar-refractivity contribution in [1.82, 2.24) is 9.78 Å². The molecule has 1 aromatic heterocycles. The van der Waals surface area contributed by atoms with Gasteiger partial charge in [-0.2, -0.15) is 9.78 Å². The number of carbonyl (C=O) groups excluding carboxylic acids is 1. The van der Waals surface area contributed by atoms with Crippen LogP contribution >= 0.6 is 0 Å². The van der Waals surface area contributed by atoms with Crippen molar-refractivity contribution in [1.29, 1.82) is 0 Å². The van der Waals surface area contributed by atoms with E-state index in [1.165, 1.54) is 15.8 Å². The molecular weight excluding hydrogens is 314 g/mol. The van der Waals surface area contributed by atoms with Crippen LogP contribution in [0.5, 0.6) is 0 Å². The van der Waals surface area contributed by atoms with Crippen molar-refractivity contribution in [3.05, 3.63) is 58.9 Å². The van der Waals surface area contributed by atoms with Crippen molar-refractivity contribution in [3.8, 4) is 0 Å². The van der Waals surface area contributed by atoms with E-state index in [1.54, 1.807) is 6.20 Å². The highest BCUT2D eigenvalue weighted by atomic mass is 16.5. The SMILES string of the molecule is CCO[C@H](C[C@@]1(C)Cc2cnn(C(N)=O)c2C=C1C)c1ccccc1. The lowest BCUT2D eigenvalue weighted by Crippen LogP contribution is -2.29. The van der Waals surface area contributed by atoms with Crippen molar-refractivity contribution >= 4 is 12.1 Å². The van der Waals surface area contributed by atoms with Crippen LogP contribution in [-0.2, 0) is 11.2 Å². The molecule has 5 heteroatoms. The van der Waals surface area contributed by atoms with Crippen LogP contribution in [0.2, 0.25) is 0 Å². The summed E-state index contributed by atoms with van der Waals surface area (Å²) in [7, 11) is 0. The molecule has 0 bridgehead atoms. The van der Waals surface area contributed by atoms with Gasteiger partial charge in [0.2, 0.25) is 0 Å². The highest BCUT2D eigenvalue weighted by Crippen LogP contribution is 2.45.